The zero-order chi connectivity index (χ0) is 10.9. The Bertz CT molecular complexity index is 143. The van der Waals surface area contributed by atoms with Crippen LogP contribution < -0.4 is 5.32 Å². The van der Waals surface area contributed by atoms with Gasteiger partial charge in [-0.05, 0) is 38.1 Å². The van der Waals surface area contributed by atoms with E-state index in [0.717, 1.165) is 25.7 Å². The Kier molecular flexibility index (Phi) is 7.03. The molecule has 15 heavy (non-hydrogen) atoms. The average Bonchev–Trinajstić information content (AvgIpc) is 2.76. The third-order valence-corrected chi connectivity index (χ3v) is 3.32. The average molecular weight is 213 g/mol. The van der Waals surface area contributed by atoms with Crippen LogP contribution in [0, 0.1) is 5.92 Å². The standard InChI is InChI=1S/C13H27NO/c1-3-9-14-13(4-2)11-15-10-12-7-5-6-8-12/h12-14H,3-11H2,1-2H3. The lowest BCUT2D eigenvalue weighted by atomic mass is 10.1. The van der Waals surface area contributed by atoms with E-state index in [2.05, 4.69) is 19.2 Å². The molecule has 1 aliphatic carbocycles. The van der Waals surface area contributed by atoms with Gasteiger partial charge in [-0.15, -0.1) is 0 Å². The molecule has 0 aromatic carbocycles. The van der Waals surface area contributed by atoms with Crippen molar-refractivity contribution in [3.8, 4) is 0 Å². The van der Waals surface area contributed by atoms with Crippen molar-refractivity contribution in [2.75, 3.05) is 19.8 Å². The van der Waals surface area contributed by atoms with Crippen molar-refractivity contribution in [1.29, 1.82) is 0 Å². The van der Waals surface area contributed by atoms with Crippen molar-refractivity contribution in [3.63, 3.8) is 0 Å². The predicted molar refractivity (Wildman–Crippen MR) is 65.1 cm³/mol. The molecule has 0 spiro atoms. The first-order chi connectivity index (χ1) is 7.36. The van der Waals surface area contributed by atoms with E-state index in [1.54, 1.807) is 0 Å². The molecule has 1 saturated carbocycles. The number of nitrogens with one attached hydrogen (secondary N) is 1. The summed E-state index contributed by atoms with van der Waals surface area (Å²) in [6, 6.07) is 0.561. The zero-order valence-electron chi connectivity index (χ0n) is 10.4. The van der Waals surface area contributed by atoms with Gasteiger partial charge in [0.1, 0.15) is 0 Å². The monoisotopic (exact) mass is 213 g/mol. The lowest BCUT2D eigenvalue weighted by Crippen LogP contribution is -2.33. The van der Waals surface area contributed by atoms with E-state index in [1.807, 2.05) is 0 Å². The second kappa shape index (κ2) is 8.12. The minimum Gasteiger partial charge on any atom is -0.380 e. The predicted octanol–water partition coefficient (Wildman–Crippen LogP) is 2.97. The summed E-state index contributed by atoms with van der Waals surface area (Å²) in [6.07, 6.45) is 7.99. The third kappa shape index (κ3) is 5.53. The molecule has 2 heteroatoms. The van der Waals surface area contributed by atoms with Gasteiger partial charge < -0.3 is 10.1 Å². The van der Waals surface area contributed by atoms with Crippen LogP contribution in [0.2, 0.25) is 0 Å². The molecular formula is C13H27NO. The van der Waals surface area contributed by atoms with Gasteiger partial charge in [0.15, 0.2) is 0 Å². The molecule has 0 amide bonds. The number of hydrogen-bond donors (Lipinski definition) is 1. The summed E-state index contributed by atoms with van der Waals surface area (Å²) in [7, 11) is 0. The molecule has 0 heterocycles. The summed E-state index contributed by atoms with van der Waals surface area (Å²) in [5, 5.41) is 3.52. The minimum atomic E-state index is 0.561. The van der Waals surface area contributed by atoms with E-state index in [0.29, 0.717) is 6.04 Å². The molecule has 0 radical (unpaired) electrons. The molecule has 1 N–H and O–H groups in total. The second-order valence-electron chi connectivity index (χ2n) is 4.75. The molecule has 1 aliphatic rings. The van der Waals surface area contributed by atoms with E-state index >= 15 is 0 Å². The van der Waals surface area contributed by atoms with Crippen molar-refractivity contribution in [3.05, 3.63) is 0 Å². The van der Waals surface area contributed by atoms with Gasteiger partial charge in [0, 0.05) is 12.6 Å². The number of ether oxygens (including phenoxy) is 1. The van der Waals surface area contributed by atoms with Crippen LogP contribution in [0.25, 0.3) is 0 Å². The normalized spacial score (nSPS) is 19.6. The highest BCUT2D eigenvalue weighted by Crippen LogP contribution is 2.24. The van der Waals surface area contributed by atoms with Gasteiger partial charge in [-0.25, -0.2) is 0 Å². The summed E-state index contributed by atoms with van der Waals surface area (Å²) >= 11 is 0. The highest BCUT2D eigenvalue weighted by atomic mass is 16.5. The van der Waals surface area contributed by atoms with Crippen LogP contribution in [-0.4, -0.2) is 25.8 Å². The smallest absolute Gasteiger partial charge is 0.0619 e. The maximum Gasteiger partial charge on any atom is 0.0619 e. The van der Waals surface area contributed by atoms with Crippen LogP contribution in [-0.2, 0) is 4.74 Å². The Morgan fingerprint density at radius 1 is 1.27 bits per heavy atom. The summed E-state index contributed by atoms with van der Waals surface area (Å²) in [6.45, 7) is 7.44. The largest absolute Gasteiger partial charge is 0.380 e. The fraction of sp³-hybridized carbons (Fsp3) is 1.00. The van der Waals surface area contributed by atoms with Gasteiger partial charge in [-0.3, -0.25) is 0 Å². The van der Waals surface area contributed by atoms with Gasteiger partial charge >= 0.3 is 0 Å². The van der Waals surface area contributed by atoms with E-state index in [9.17, 15) is 0 Å². The molecule has 0 saturated heterocycles. The fourth-order valence-corrected chi connectivity index (χ4v) is 2.22. The Morgan fingerprint density at radius 2 is 2.00 bits per heavy atom. The quantitative estimate of drug-likeness (QED) is 0.669. The number of hydrogen-bond acceptors (Lipinski definition) is 2. The zero-order valence-corrected chi connectivity index (χ0v) is 10.4. The molecule has 1 atom stereocenters. The summed E-state index contributed by atoms with van der Waals surface area (Å²) < 4.78 is 5.81. The summed E-state index contributed by atoms with van der Waals surface area (Å²) in [5.41, 5.74) is 0. The minimum absolute atomic E-state index is 0.561. The molecular weight excluding hydrogens is 186 g/mol. The first-order valence-corrected chi connectivity index (χ1v) is 6.68. The SMILES string of the molecule is CCCNC(CC)COCC1CCCC1. The Hall–Kier alpha value is -0.0800. The molecule has 0 aliphatic heterocycles. The highest BCUT2D eigenvalue weighted by Gasteiger charge is 2.15. The molecule has 1 fully saturated rings. The van der Waals surface area contributed by atoms with Crippen LogP contribution in [0.4, 0.5) is 0 Å². The molecule has 0 aromatic rings. The fourth-order valence-electron chi connectivity index (χ4n) is 2.22. The van der Waals surface area contributed by atoms with Gasteiger partial charge in [-0.1, -0.05) is 26.7 Å². The van der Waals surface area contributed by atoms with Crippen LogP contribution in [0.1, 0.15) is 52.4 Å². The maximum absolute atomic E-state index is 5.81. The van der Waals surface area contributed by atoms with Crippen LogP contribution in [0.5, 0.6) is 0 Å². The van der Waals surface area contributed by atoms with Crippen LogP contribution >= 0.6 is 0 Å². The second-order valence-corrected chi connectivity index (χ2v) is 4.75. The molecule has 90 valence electrons. The van der Waals surface area contributed by atoms with Crippen molar-refractivity contribution in [1.82, 2.24) is 5.32 Å². The molecule has 0 bridgehead atoms. The van der Waals surface area contributed by atoms with Crippen LogP contribution in [0.15, 0.2) is 0 Å². The molecule has 0 aromatic heterocycles. The van der Waals surface area contributed by atoms with E-state index < -0.39 is 0 Å². The first kappa shape index (κ1) is 13.0. The van der Waals surface area contributed by atoms with Crippen molar-refractivity contribution < 1.29 is 4.74 Å². The summed E-state index contributed by atoms with van der Waals surface area (Å²) in [5.74, 6) is 0.855. The van der Waals surface area contributed by atoms with Crippen LogP contribution in [0.3, 0.4) is 0 Å². The molecule has 2 nitrogen and oxygen atoms in total. The van der Waals surface area contributed by atoms with E-state index in [1.165, 1.54) is 38.5 Å². The Balaban J connectivity index is 2.00. The summed E-state index contributed by atoms with van der Waals surface area (Å²) in [4.78, 5) is 0. The van der Waals surface area contributed by atoms with Crippen molar-refractivity contribution in [2.24, 2.45) is 5.92 Å². The Morgan fingerprint density at radius 3 is 2.60 bits per heavy atom. The lowest BCUT2D eigenvalue weighted by molar-refractivity contribution is 0.0820. The lowest BCUT2D eigenvalue weighted by Gasteiger charge is -2.18. The van der Waals surface area contributed by atoms with Gasteiger partial charge in [0.05, 0.1) is 6.61 Å². The third-order valence-electron chi connectivity index (χ3n) is 3.32. The highest BCUT2D eigenvalue weighted by molar-refractivity contribution is 4.68. The van der Waals surface area contributed by atoms with Gasteiger partial charge in [-0.2, -0.15) is 0 Å². The van der Waals surface area contributed by atoms with Gasteiger partial charge in [0.2, 0.25) is 0 Å². The topological polar surface area (TPSA) is 21.3 Å². The number of rotatable bonds is 8. The van der Waals surface area contributed by atoms with E-state index in [4.69, 9.17) is 4.74 Å². The van der Waals surface area contributed by atoms with Crippen molar-refractivity contribution >= 4 is 0 Å². The maximum atomic E-state index is 5.81. The van der Waals surface area contributed by atoms with Gasteiger partial charge in [0.25, 0.3) is 0 Å². The molecule has 1 unspecified atom stereocenters. The molecule has 1 rings (SSSR count). The van der Waals surface area contributed by atoms with Crippen molar-refractivity contribution in [2.45, 2.75) is 58.4 Å². The Labute approximate surface area is 94.8 Å². The van der Waals surface area contributed by atoms with E-state index in [-0.39, 0.29) is 0 Å². The first-order valence-electron chi connectivity index (χ1n) is 6.68.